The zero-order valence-corrected chi connectivity index (χ0v) is 19.9. The number of cyclic esters (lactones) is 1. The highest BCUT2D eigenvalue weighted by Gasteiger charge is 2.33. The molecule has 2 aromatic carbocycles. The van der Waals surface area contributed by atoms with Crippen molar-refractivity contribution in [3.8, 4) is 11.1 Å². The van der Waals surface area contributed by atoms with Crippen molar-refractivity contribution in [3.63, 3.8) is 0 Å². The van der Waals surface area contributed by atoms with Crippen LogP contribution in [0.15, 0.2) is 48.7 Å². The Morgan fingerprint density at radius 3 is 2.72 bits per heavy atom. The van der Waals surface area contributed by atoms with Gasteiger partial charge in [-0.15, -0.1) is 5.10 Å². The van der Waals surface area contributed by atoms with Crippen LogP contribution in [0.2, 0.25) is 0 Å². The molecule has 1 saturated heterocycles. The van der Waals surface area contributed by atoms with Gasteiger partial charge in [0.25, 0.3) is 0 Å². The van der Waals surface area contributed by atoms with Crippen LogP contribution < -0.4 is 15.5 Å². The second kappa shape index (κ2) is 11.7. The Labute approximate surface area is 207 Å². The van der Waals surface area contributed by atoms with Crippen molar-refractivity contribution in [1.82, 2.24) is 25.6 Å². The largest absolute Gasteiger partial charge is 0.442 e. The van der Waals surface area contributed by atoms with Crippen LogP contribution >= 0.6 is 0 Å². The fraction of sp³-hybridized carbons (Fsp3) is 0.360. The van der Waals surface area contributed by atoms with Gasteiger partial charge >= 0.3 is 6.09 Å². The Morgan fingerprint density at radius 2 is 2.00 bits per heavy atom. The molecule has 190 valence electrons. The first-order valence-electron chi connectivity index (χ1n) is 11.7. The minimum absolute atomic E-state index is 0.168. The number of benzene rings is 2. The number of hydrogen-bond donors (Lipinski definition) is 2. The standard InChI is InChI=1S/C25H28F2N6O3/c1-17(34)29-13-20-14-32(31-30-20)15-22-16-33(25(35)36-22)21-7-8-23(24(27)11-21)19-5-3-18(4-6-19)12-28-10-2-9-26/h3-8,11,14,22,28H,2,9-10,12-13,15-16H2,1H3,(H,29,34)/t22-/m0/s1. The molecule has 1 aromatic heterocycles. The molecule has 36 heavy (non-hydrogen) atoms. The fourth-order valence-electron chi connectivity index (χ4n) is 3.89. The van der Waals surface area contributed by atoms with Crippen molar-refractivity contribution in [2.24, 2.45) is 0 Å². The smallest absolute Gasteiger partial charge is 0.414 e. The van der Waals surface area contributed by atoms with Gasteiger partial charge in [0, 0.05) is 19.0 Å². The Morgan fingerprint density at radius 1 is 1.19 bits per heavy atom. The molecule has 11 heteroatoms. The van der Waals surface area contributed by atoms with Crippen molar-refractivity contribution in [2.45, 2.75) is 39.1 Å². The quantitative estimate of drug-likeness (QED) is 0.394. The lowest BCUT2D eigenvalue weighted by Gasteiger charge is -2.14. The van der Waals surface area contributed by atoms with E-state index in [4.69, 9.17) is 4.74 Å². The maximum absolute atomic E-state index is 15.0. The Kier molecular flexibility index (Phi) is 8.21. The number of amides is 2. The molecule has 1 aliphatic heterocycles. The summed E-state index contributed by atoms with van der Waals surface area (Å²) in [5, 5.41) is 13.8. The van der Waals surface area contributed by atoms with Crippen LogP contribution in [0.4, 0.5) is 19.3 Å². The Hall–Kier alpha value is -3.86. The van der Waals surface area contributed by atoms with Gasteiger partial charge in [-0.05, 0) is 42.3 Å². The summed E-state index contributed by atoms with van der Waals surface area (Å²) in [5.74, 6) is -0.615. The number of carbonyl (C=O) groups excluding carboxylic acids is 2. The number of hydrogen-bond acceptors (Lipinski definition) is 6. The van der Waals surface area contributed by atoms with Gasteiger partial charge in [0.05, 0.1) is 38.2 Å². The maximum atomic E-state index is 15.0. The van der Waals surface area contributed by atoms with E-state index in [2.05, 4.69) is 20.9 Å². The van der Waals surface area contributed by atoms with Crippen LogP contribution in [0.1, 0.15) is 24.6 Å². The minimum atomic E-state index is -0.560. The average molecular weight is 499 g/mol. The molecular weight excluding hydrogens is 470 g/mol. The summed E-state index contributed by atoms with van der Waals surface area (Å²) in [6.45, 7) is 3.07. The summed E-state index contributed by atoms with van der Waals surface area (Å²) in [6, 6.07) is 12.1. The number of anilines is 1. The van der Waals surface area contributed by atoms with Crippen LogP contribution in [-0.2, 0) is 29.2 Å². The first-order valence-corrected chi connectivity index (χ1v) is 11.7. The number of ether oxygens (including phenoxy) is 1. The number of halogens is 2. The predicted molar refractivity (Wildman–Crippen MR) is 129 cm³/mol. The van der Waals surface area contributed by atoms with E-state index in [0.29, 0.717) is 36.5 Å². The monoisotopic (exact) mass is 498 g/mol. The number of carbonyl (C=O) groups is 2. The molecule has 0 aliphatic carbocycles. The highest BCUT2D eigenvalue weighted by molar-refractivity contribution is 5.90. The summed E-state index contributed by atoms with van der Waals surface area (Å²) in [7, 11) is 0. The van der Waals surface area contributed by atoms with Crippen molar-refractivity contribution >= 4 is 17.7 Å². The van der Waals surface area contributed by atoms with Crippen LogP contribution in [0.3, 0.4) is 0 Å². The molecule has 3 aromatic rings. The lowest BCUT2D eigenvalue weighted by molar-refractivity contribution is -0.119. The van der Waals surface area contributed by atoms with Gasteiger partial charge in [-0.25, -0.2) is 13.9 Å². The summed E-state index contributed by atoms with van der Waals surface area (Å²) in [5.41, 5.74) is 3.16. The van der Waals surface area contributed by atoms with Gasteiger partial charge in [-0.1, -0.05) is 29.5 Å². The van der Waals surface area contributed by atoms with Gasteiger partial charge in [0.2, 0.25) is 5.91 Å². The summed E-state index contributed by atoms with van der Waals surface area (Å²) in [4.78, 5) is 24.9. The van der Waals surface area contributed by atoms with E-state index in [1.807, 2.05) is 24.3 Å². The lowest BCUT2D eigenvalue weighted by atomic mass is 10.0. The number of nitrogens with one attached hydrogen (secondary N) is 2. The van der Waals surface area contributed by atoms with Crippen molar-refractivity contribution < 1.29 is 23.1 Å². The zero-order valence-electron chi connectivity index (χ0n) is 19.9. The molecule has 1 atom stereocenters. The third-order valence-corrected chi connectivity index (χ3v) is 5.71. The van der Waals surface area contributed by atoms with E-state index >= 15 is 4.39 Å². The van der Waals surface area contributed by atoms with E-state index in [-0.39, 0.29) is 32.2 Å². The molecule has 0 unspecified atom stereocenters. The maximum Gasteiger partial charge on any atom is 0.414 e. The molecule has 0 saturated carbocycles. The minimum Gasteiger partial charge on any atom is -0.442 e. The number of rotatable bonds is 11. The summed E-state index contributed by atoms with van der Waals surface area (Å²) in [6.07, 6.45) is 1.10. The third kappa shape index (κ3) is 6.42. The normalized spacial score (nSPS) is 15.2. The SMILES string of the molecule is CC(=O)NCc1cn(C[C@H]2CN(c3ccc(-c4ccc(CNCCCF)cc4)c(F)c3)C(=O)O2)nn1. The first-order chi connectivity index (χ1) is 17.4. The van der Waals surface area contributed by atoms with Crippen LogP contribution in [0.25, 0.3) is 11.1 Å². The van der Waals surface area contributed by atoms with Crippen molar-refractivity contribution in [1.29, 1.82) is 0 Å². The van der Waals surface area contributed by atoms with E-state index in [1.165, 1.54) is 17.9 Å². The zero-order chi connectivity index (χ0) is 25.5. The molecule has 0 bridgehead atoms. The van der Waals surface area contributed by atoms with E-state index in [1.54, 1.807) is 23.0 Å². The molecule has 2 heterocycles. The van der Waals surface area contributed by atoms with Gasteiger partial charge in [-0.3, -0.25) is 14.1 Å². The molecule has 1 aliphatic rings. The predicted octanol–water partition coefficient (Wildman–Crippen LogP) is 3.19. The average Bonchev–Trinajstić information content (AvgIpc) is 3.47. The topological polar surface area (TPSA) is 101 Å². The third-order valence-electron chi connectivity index (χ3n) is 5.71. The highest BCUT2D eigenvalue weighted by atomic mass is 19.1. The molecule has 9 nitrogen and oxygen atoms in total. The number of nitrogens with zero attached hydrogens (tertiary/aromatic N) is 4. The van der Waals surface area contributed by atoms with Gasteiger partial charge in [0.1, 0.15) is 17.6 Å². The number of alkyl halides is 1. The van der Waals surface area contributed by atoms with Crippen LogP contribution in [0, 0.1) is 5.82 Å². The van der Waals surface area contributed by atoms with E-state index < -0.39 is 18.0 Å². The molecule has 1 fully saturated rings. The molecular formula is C25H28F2N6O3. The second-order valence-electron chi connectivity index (χ2n) is 8.54. The summed E-state index contributed by atoms with van der Waals surface area (Å²) >= 11 is 0. The molecule has 0 spiro atoms. The molecule has 4 rings (SSSR count). The fourth-order valence-corrected chi connectivity index (χ4v) is 3.89. The van der Waals surface area contributed by atoms with Crippen molar-refractivity contribution in [2.75, 3.05) is 24.7 Å². The first kappa shape index (κ1) is 25.2. The number of aromatic nitrogens is 3. The molecule has 2 N–H and O–H groups in total. The molecule has 0 radical (unpaired) electrons. The van der Waals surface area contributed by atoms with Gasteiger partial charge in [0.15, 0.2) is 0 Å². The highest BCUT2D eigenvalue weighted by Crippen LogP contribution is 2.29. The van der Waals surface area contributed by atoms with Crippen LogP contribution in [-0.4, -0.2) is 52.9 Å². The van der Waals surface area contributed by atoms with E-state index in [0.717, 1.165) is 11.1 Å². The van der Waals surface area contributed by atoms with E-state index in [9.17, 15) is 14.0 Å². The van der Waals surface area contributed by atoms with Gasteiger partial charge < -0.3 is 15.4 Å². The van der Waals surface area contributed by atoms with Crippen molar-refractivity contribution in [3.05, 3.63) is 65.7 Å². The Bertz CT molecular complexity index is 1200. The van der Waals surface area contributed by atoms with Crippen LogP contribution in [0.5, 0.6) is 0 Å². The second-order valence-corrected chi connectivity index (χ2v) is 8.54. The Balaban J connectivity index is 1.36. The van der Waals surface area contributed by atoms with Gasteiger partial charge in [-0.2, -0.15) is 0 Å². The summed E-state index contributed by atoms with van der Waals surface area (Å²) < 4.78 is 34.2. The molecule has 2 amide bonds. The lowest BCUT2D eigenvalue weighted by Crippen LogP contribution is -2.26.